The molecule has 0 spiro atoms. The number of hydrogen-bond acceptors (Lipinski definition) is 5. The van der Waals surface area contributed by atoms with Gasteiger partial charge in [0.05, 0.1) is 11.4 Å². The Morgan fingerprint density at radius 1 is 1.25 bits per heavy atom. The molecule has 0 radical (unpaired) electrons. The van der Waals surface area contributed by atoms with E-state index in [4.69, 9.17) is 9.94 Å². The van der Waals surface area contributed by atoms with E-state index in [2.05, 4.69) is 18.8 Å². The maximum atomic E-state index is 12.5. The van der Waals surface area contributed by atoms with Crippen LogP contribution in [-0.2, 0) is 4.79 Å². The van der Waals surface area contributed by atoms with Crippen molar-refractivity contribution in [2.24, 2.45) is 4.99 Å². The summed E-state index contributed by atoms with van der Waals surface area (Å²) in [5.74, 6) is 0.619. The summed E-state index contributed by atoms with van der Waals surface area (Å²) < 4.78 is 5.22. The number of ether oxygens (including phenoxy) is 1. The molecule has 1 aliphatic heterocycles. The second-order valence-corrected chi connectivity index (χ2v) is 7.64. The second-order valence-electron chi connectivity index (χ2n) is 6.70. The standard InChI is InChI=1S/C20H21N3O4S/c1-12(2)16-9-4-13(3)10-17(16)23-18(24)11-28-19(23)21-20(25)27-15-7-5-14(22-26)6-8-15/h4-10,12,22,26H,11H2,1-3H3/p+1/b21-19-. The summed E-state index contributed by atoms with van der Waals surface area (Å²) in [6.07, 6.45) is -0.804. The van der Waals surface area contributed by atoms with E-state index in [-0.39, 0.29) is 17.6 Å². The van der Waals surface area contributed by atoms with Crippen molar-refractivity contribution >= 4 is 40.3 Å². The lowest BCUT2D eigenvalue weighted by Crippen LogP contribution is -2.73. The van der Waals surface area contributed by atoms with E-state index in [0.29, 0.717) is 16.6 Å². The number of quaternary nitrogens is 1. The molecule has 8 heteroatoms. The summed E-state index contributed by atoms with van der Waals surface area (Å²) in [6.45, 7) is 6.07. The Bertz CT molecular complexity index is 926. The number of carbonyl (C=O) groups excluding carboxylic acids is 2. The molecule has 3 N–H and O–H groups in total. The van der Waals surface area contributed by atoms with Gasteiger partial charge in [-0.25, -0.2) is 10.0 Å². The van der Waals surface area contributed by atoms with Crippen molar-refractivity contribution in [1.29, 1.82) is 0 Å². The lowest BCUT2D eigenvalue weighted by molar-refractivity contribution is -0.825. The molecule has 0 atom stereocenters. The summed E-state index contributed by atoms with van der Waals surface area (Å²) in [7, 11) is 0. The first-order valence-corrected chi connectivity index (χ1v) is 9.82. The molecule has 2 aromatic carbocycles. The Morgan fingerprint density at radius 2 is 1.96 bits per heavy atom. The van der Waals surface area contributed by atoms with E-state index in [1.54, 1.807) is 24.3 Å². The van der Waals surface area contributed by atoms with Crippen LogP contribution in [0.3, 0.4) is 0 Å². The summed E-state index contributed by atoms with van der Waals surface area (Å²) in [4.78, 5) is 30.3. The molecule has 1 aliphatic rings. The Balaban J connectivity index is 1.87. The van der Waals surface area contributed by atoms with E-state index in [0.717, 1.165) is 22.3 Å². The molecule has 28 heavy (non-hydrogen) atoms. The molecule has 1 heterocycles. The molecule has 0 saturated carbocycles. The van der Waals surface area contributed by atoms with E-state index >= 15 is 0 Å². The highest BCUT2D eigenvalue weighted by molar-refractivity contribution is 8.15. The largest absolute Gasteiger partial charge is 0.441 e. The van der Waals surface area contributed by atoms with E-state index in [1.165, 1.54) is 16.7 Å². The predicted molar refractivity (Wildman–Crippen MR) is 108 cm³/mol. The zero-order valence-corrected chi connectivity index (χ0v) is 16.7. The zero-order chi connectivity index (χ0) is 20.3. The van der Waals surface area contributed by atoms with Crippen molar-refractivity contribution < 1.29 is 25.0 Å². The summed E-state index contributed by atoms with van der Waals surface area (Å²) in [5.41, 5.74) is 4.33. The van der Waals surface area contributed by atoms with E-state index in [1.807, 2.05) is 25.1 Å². The number of hydrogen-bond donors (Lipinski definition) is 2. The van der Waals surface area contributed by atoms with Crippen molar-refractivity contribution in [2.75, 3.05) is 10.7 Å². The third kappa shape index (κ3) is 4.41. The van der Waals surface area contributed by atoms with Crippen LogP contribution in [0.1, 0.15) is 30.9 Å². The maximum Gasteiger partial charge on any atom is 0.441 e. The molecule has 1 saturated heterocycles. The number of thioether (sulfide) groups is 1. The predicted octanol–water partition coefficient (Wildman–Crippen LogP) is 3.34. The van der Waals surface area contributed by atoms with Gasteiger partial charge in [0, 0.05) is 12.1 Å². The molecule has 1 fully saturated rings. The fraction of sp³-hybridized carbons (Fsp3) is 0.250. The van der Waals surface area contributed by atoms with Crippen LogP contribution in [-0.4, -0.2) is 28.1 Å². The number of nitrogens with two attached hydrogens (primary N) is 1. The Morgan fingerprint density at radius 3 is 2.61 bits per heavy atom. The normalized spacial score (nSPS) is 15.5. The Labute approximate surface area is 167 Å². The fourth-order valence-electron chi connectivity index (χ4n) is 2.84. The van der Waals surface area contributed by atoms with Crippen molar-refractivity contribution in [3.8, 4) is 5.75 Å². The van der Waals surface area contributed by atoms with Crippen molar-refractivity contribution in [3.63, 3.8) is 0 Å². The maximum absolute atomic E-state index is 12.5. The average Bonchev–Trinajstić information content (AvgIpc) is 3.01. The average molecular weight is 400 g/mol. The van der Waals surface area contributed by atoms with Crippen molar-refractivity contribution in [2.45, 2.75) is 26.7 Å². The highest BCUT2D eigenvalue weighted by Gasteiger charge is 2.32. The van der Waals surface area contributed by atoms with Gasteiger partial charge >= 0.3 is 6.09 Å². The number of aryl methyl sites for hydroxylation is 1. The number of carbonyl (C=O) groups is 2. The molecule has 0 aliphatic carbocycles. The van der Waals surface area contributed by atoms with Crippen LogP contribution in [0, 0.1) is 6.92 Å². The number of amides is 2. The first kappa shape index (κ1) is 20.1. The lowest BCUT2D eigenvalue weighted by Gasteiger charge is -2.22. The molecule has 146 valence electrons. The molecular weight excluding hydrogens is 378 g/mol. The molecule has 7 nitrogen and oxygen atoms in total. The number of nitrogens with zero attached hydrogens (tertiary/aromatic N) is 2. The highest BCUT2D eigenvalue weighted by atomic mass is 32.2. The van der Waals surface area contributed by atoms with Gasteiger partial charge < -0.3 is 4.74 Å². The summed E-state index contributed by atoms with van der Waals surface area (Å²) >= 11 is 1.21. The molecule has 0 unspecified atom stereocenters. The molecule has 0 aromatic heterocycles. The molecule has 2 aromatic rings. The number of anilines is 1. The monoisotopic (exact) mass is 400 g/mol. The van der Waals surface area contributed by atoms with Crippen LogP contribution in [0.4, 0.5) is 16.2 Å². The van der Waals surface area contributed by atoms with Gasteiger partial charge in [-0.1, -0.05) is 37.7 Å². The van der Waals surface area contributed by atoms with Crippen LogP contribution < -0.4 is 15.1 Å². The van der Waals surface area contributed by atoms with Crippen molar-refractivity contribution in [3.05, 3.63) is 53.6 Å². The quantitative estimate of drug-likeness (QED) is 0.606. The third-order valence-corrected chi connectivity index (χ3v) is 5.16. The molecule has 2 amide bonds. The zero-order valence-electron chi connectivity index (χ0n) is 15.9. The fourth-order valence-corrected chi connectivity index (χ4v) is 3.69. The van der Waals surface area contributed by atoms with Gasteiger partial charge in [0.25, 0.3) is 0 Å². The SMILES string of the molecule is Cc1ccc(C(C)C)c(N2C(=O)CS/C2=N\C(=O)Oc2ccc([NH2+]O)cc2)c1. The van der Waals surface area contributed by atoms with E-state index < -0.39 is 6.09 Å². The summed E-state index contributed by atoms with van der Waals surface area (Å²) in [5, 5.41) is 9.26. The highest BCUT2D eigenvalue weighted by Crippen LogP contribution is 2.34. The van der Waals surface area contributed by atoms with Gasteiger partial charge in [0.1, 0.15) is 5.75 Å². The smallest absolute Gasteiger partial charge is 0.409 e. The van der Waals surface area contributed by atoms with Crippen LogP contribution >= 0.6 is 11.8 Å². The van der Waals surface area contributed by atoms with Gasteiger partial charge in [-0.15, -0.1) is 4.99 Å². The van der Waals surface area contributed by atoms with Gasteiger partial charge in [0.15, 0.2) is 10.9 Å². The van der Waals surface area contributed by atoms with Gasteiger partial charge in [-0.05, 0) is 42.2 Å². The number of aliphatic imine (C=N–C) groups is 1. The molecule has 3 rings (SSSR count). The summed E-state index contributed by atoms with van der Waals surface area (Å²) in [6, 6.07) is 12.3. The number of amidine groups is 1. The van der Waals surface area contributed by atoms with Crippen molar-refractivity contribution in [1.82, 2.24) is 0 Å². The topological polar surface area (TPSA) is 95.8 Å². The minimum atomic E-state index is -0.804. The minimum Gasteiger partial charge on any atom is -0.409 e. The first-order chi connectivity index (χ1) is 13.4. The number of benzene rings is 2. The first-order valence-electron chi connectivity index (χ1n) is 8.83. The van der Waals surface area contributed by atoms with Gasteiger partial charge in [-0.3, -0.25) is 9.69 Å². The Kier molecular flexibility index (Phi) is 6.13. The van der Waals surface area contributed by atoms with Crippen LogP contribution in [0.5, 0.6) is 5.75 Å². The van der Waals surface area contributed by atoms with Gasteiger partial charge in [0.2, 0.25) is 5.91 Å². The van der Waals surface area contributed by atoms with E-state index in [9.17, 15) is 9.59 Å². The van der Waals surface area contributed by atoms with Crippen LogP contribution in [0.25, 0.3) is 0 Å². The molecular formula is C20H22N3O4S+. The third-order valence-electron chi connectivity index (χ3n) is 4.24. The van der Waals surface area contributed by atoms with Crippen LogP contribution in [0.15, 0.2) is 47.5 Å². The van der Waals surface area contributed by atoms with Crippen LogP contribution in [0.2, 0.25) is 0 Å². The minimum absolute atomic E-state index is 0.119. The molecule has 0 bridgehead atoms. The van der Waals surface area contributed by atoms with Gasteiger partial charge in [-0.2, -0.15) is 5.48 Å². The number of rotatable bonds is 4. The lowest BCUT2D eigenvalue weighted by atomic mass is 9.99. The Hall–Kier alpha value is -2.68. The second kappa shape index (κ2) is 8.55.